The zero-order chi connectivity index (χ0) is 13.0. The second-order valence-corrected chi connectivity index (χ2v) is 4.50. The largest absolute Gasteiger partial charge is 0.305 e. The minimum Gasteiger partial charge on any atom is -0.305 e. The fourth-order valence-corrected chi connectivity index (χ4v) is 2.15. The first kappa shape index (κ1) is 13.0. The first-order valence-electron chi connectivity index (χ1n) is 5.67. The normalized spacial score (nSPS) is 12.6. The topological polar surface area (TPSA) is 37.8 Å². The van der Waals surface area contributed by atoms with Gasteiger partial charge in [-0.2, -0.15) is 0 Å². The van der Waals surface area contributed by atoms with Gasteiger partial charge in [0.2, 0.25) is 0 Å². The third-order valence-corrected chi connectivity index (χ3v) is 3.07. The Kier molecular flexibility index (Phi) is 4.33. The molecule has 0 saturated carbocycles. The van der Waals surface area contributed by atoms with E-state index >= 15 is 0 Å². The van der Waals surface area contributed by atoms with E-state index in [1.165, 1.54) is 17.6 Å². The lowest BCUT2D eigenvalue weighted by Crippen LogP contribution is -2.23. The van der Waals surface area contributed by atoms with Crippen molar-refractivity contribution in [2.75, 3.05) is 6.54 Å². The molecule has 1 atom stereocenters. The zero-order valence-electron chi connectivity index (χ0n) is 9.86. The molecule has 2 aromatic rings. The molecular formula is C12H13F2N3S. The molecule has 1 N–H and O–H groups in total. The smallest absolute Gasteiger partial charge is 0.159 e. The van der Waals surface area contributed by atoms with Crippen LogP contribution in [0.15, 0.2) is 23.6 Å². The van der Waals surface area contributed by atoms with Crippen molar-refractivity contribution in [2.24, 2.45) is 0 Å². The van der Waals surface area contributed by atoms with Crippen molar-refractivity contribution >= 4 is 11.5 Å². The molecule has 0 aliphatic rings. The third kappa shape index (κ3) is 2.88. The number of nitrogens with one attached hydrogen (secondary N) is 1. The van der Waals surface area contributed by atoms with Gasteiger partial charge in [0.05, 0.1) is 11.7 Å². The van der Waals surface area contributed by atoms with Crippen LogP contribution in [0.4, 0.5) is 8.78 Å². The van der Waals surface area contributed by atoms with Crippen LogP contribution in [-0.2, 0) is 0 Å². The Balaban J connectivity index is 2.30. The molecule has 0 bridgehead atoms. The van der Waals surface area contributed by atoms with E-state index in [9.17, 15) is 8.78 Å². The predicted molar refractivity (Wildman–Crippen MR) is 66.4 cm³/mol. The highest BCUT2D eigenvalue weighted by atomic mass is 32.1. The van der Waals surface area contributed by atoms with Gasteiger partial charge in [-0.3, -0.25) is 0 Å². The number of aromatic nitrogens is 2. The van der Waals surface area contributed by atoms with Crippen molar-refractivity contribution in [3.8, 4) is 0 Å². The van der Waals surface area contributed by atoms with E-state index < -0.39 is 11.6 Å². The second kappa shape index (κ2) is 5.97. The first-order valence-corrected chi connectivity index (χ1v) is 6.51. The van der Waals surface area contributed by atoms with Crippen molar-refractivity contribution < 1.29 is 8.78 Å². The van der Waals surface area contributed by atoms with Gasteiger partial charge in [-0.25, -0.2) is 8.78 Å². The molecule has 0 aliphatic carbocycles. The van der Waals surface area contributed by atoms with Crippen LogP contribution >= 0.6 is 11.5 Å². The Morgan fingerprint density at radius 3 is 2.78 bits per heavy atom. The number of nitrogens with zero attached hydrogens (tertiary/aromatic N) is 2. The molecule has 0 spiro atoms. The quantitative estimate of drug-likeness (QED) is 0.907. The maximum absolute atomic E-state index is 13.3. The molecule has 1 aromatic carbocycles. The van der Waals surface area contributed by atoms with Gasteiger partial charge in [0, 0.05) is 5.38 Å². The monoisotopic (exact) mass is 269 g/mol. The standard InChI is InChI=1S/C12H13F2N3S/c1-2-5-15-12(11-7-18-17-16-11)8-3-4-9(13)10(14)6-8/h3-4,6-7,12,15H,2,5H2,1H3. The van der Waals surface area contributed by atoms with Crippen LogP contribution < -0.4 is 5.32 Å². The van der Waals surface area contributed by atoms with Gasteiger partial charge in [0.15, 0.2) is 11.6 Å². The molecule has 6 heteroatoms. The van der Waals surface area contributed by atoms with Crippen LogP contribution in [0.5, 0.6) is 0 Å². The summed E-state index contributed by atoms with van der Waals surface area (Å²) >= 11 is 1.23. The second-order valence-electron chi connectivity index (χ2n) is 3.89. The summed E-state index contributed by atoms with van der Waals surface area (Å²) in [6.07, 6.45) is 0.942. The molecule has 0 aliphatic heterocycles. The lowest BCUT2D eigenvalue weighted by molar-refractivity contribution is 0.502. The summed E-state index contributed by atoms with van der Waals surface area (Å²) in [4.78, 5) is 0. The minimum absolute atomic E-state index is 0.251. The van der Waals surface area contributed by atoms with E-state index in [4.69, 9.17) is 0 Å². The summed E-state index contributed by atoms with van der Waals surface area (Å²) in [5.74, 6) is -1.69. The van der Waals surface area contributed by atoms with E-state index in [1.54, 1.807) is 11.4 Å². The zero-order valence-corrected chi connectivity index (χ0v) is 10.7. The number of halogens is 2. The molecule has 0 radical (unpaired) electrons. The van der Waals surface area contributed by atoms with Crippen molar-refractivity contribution in [1.29, 1.82) is 0 Å². The maximum atomic E-state index is 13.3. The summed E-state index contributed by atoms with van der Waals surface area (Å²) in [6, 6.07) is 3.64. The average Bonchev–Trinajstić information content (AvgIpc) is 2.88. The molecular weight excluding hydrogens is 256 g/mol. The summed E-state index contributed by atoms with van der Waals surface area (Å²) < 4.78 is 30.0. The van der Waals surface area contributed by atoms with Crippen LogP contribution in [0.2, 0.25) is 0 Å². The Hall–Kier alpha value is -1.40. The first-order chi connectivity index (χ1) is 8.72. The molecule has 1 aromatic heterocycles. The number of hydrogen-bond acceptors (Lipinski definition) is 4. The Morgan fingerprint density at radius 2 is 2.17 bits per heavy atom. The molecule has 1 unspecified atom stereocenters. The van der Waals surface area contributed by atoms with Crippen LogP contribution in [0.1, 0.15) is 30.6 Å². The minimum atomic E-state index is -0.848. The van der Waals surface area contributed by atoms with Crippen LogP contribution in [0.3, 0.4) is 0 Å². The molecule has 18 heavy (non-hydrogen) atoms. The molecule has 3 nitrogen and oxygen atoms in total. The lowest BCUT2D eigenvalue weighted by Gasteiger charge is -2.16. The van der Waals surface area contributed by atoms with Crippen LogP contribution in [-0.4, -0.2) is 16.1 Å². The van der Waals surface area contributed by atoms with E-state index in [-0.39, 0.29) is 6.04 Å². The van der Waals surface area contributed by atoms with Crippen LogP contribution in [0, 0.1) is 11.6 Å². The Bertz CT molecular complexity index is 502. The molecule has 2 rings (SSSR count). The highest BCUT2D eigenvalue weighted by Gasteiger charge is 2.17. The highest BCUT2D eigenvalue weighted by molar-refractivity contribution is 7.03. The SMILES string of the molecule is CCCNC(c1ccc(F)c(F)c1)c1csnn1. The van der Waals surface area contributed by atoms with E-state index in [1.807, 2.05) is 6.92 Å². The Morgan fingerprint density at radius 1 is 1.33 bits per heavy atom. The van der Waals surface area contributed by atoms with Crippen LogP contribution in [0.25, 0.3) is 0 Å². The van der Waals surface area contributed by atoms with E-state index in [2.05, 4.69) is 14.9 Å². The van der Waals surface area contributed by atoms with Crippen molar-refractivity contribution in [1.82, 2.24) is 14.9 Å². The Labute approximate surface area is 108 Å². The van der Waals surface area contributed by atoms with Gasteiger partial charge in [0.1, 0.15) is 0 Å². The predicted octanol–water partition coefficient (Wildman–Crippen LogP) is 2.91. The highest BCUT2D eigenvalue weighted by Crippen LogP contribution is 2.22. The number of hydrogen-bond donors (Lipinski definition) is 1. The van der Waals surface area contributed by atoms with E-state index in [0.717, 1.165) is 24.7 Å². The van der Waals surface area contributed by atoms with Gasteiger partial charge in [-0.1, -0.05) is 17.5 Å². The van der Waals surface area contributed by atoms with Gasteiger partial charge in [0.25, 0.3) is 0 Å². The van der Waals surface area contributed by atoms with E-state index in [0.29, 0.717) is 5.56 Å². The summed E-state index contributed by atoms with van der Waals surface area (Å²) in [7, 11) is 0. The van der Waals surface area contributed by atoms with Gasteiger partial charge in [-0.15, -0.1) is 5.10 Å². The fourth-order valence-electron chi connectivity index (χ4n) is 1.67. The number of benzene rings is 1. The van der Waals surface area contributed by atoms with Gasteiger partial charge < -0.3 is 5.32 Å². The summed E-state index contributed by atoms with van der Waals surface area (Å²) in [6.45, 7) is 2.80. The molecule has 96 valence electrons. The third-order valence-electron chi connectivity index (χ3n) is 2.55. The van der Waals surface area contributed by atoms with Crippen molar-refractivity contribution in [3.63, 3.8) is 0 Å². The fraction of sp³-hybridized carbons (Fsp3) is 0.333. The molecule has 0 amide bonds. The molecule has 0 saturated heterocycles. The lowest BCUT2D eigenvalue weighted by atomic mass is 10.0. The molecule has 0 fully saturated rings. The van der Waals surface area contributed by atoms with Crippen molar-refractivity contribution in [3.05, 3.63) is 46.5 Å². The van der Waals surface area contributed by atoms with Crippen molar-refractivity contribution in [2.45, 2.75) is 19.4 Å². The summed E-state index contributed by atoms with van der Waals surface area (Å²) in [5, 5.41) is 9.04. The average molecular weight is 269 g/mol. The summed E-state index contributed by atoms with van der Waals surface area (Å²) in [5.41, 5.74) is 1.37. The number of rotatable bonds is 5. The van der Waals surface area contributed by atoms with Gasteiger partial charge in [-0.05, 0) is 42.2 Å². The van der Waals surface area contributed by atoms with Gasteiger partial charge >= 0.3 is 0 Å². The molecule has 1 heterocycles. The maximum Gasteiger partial charge on any atom is 0.159 e.